The van der Waals surface area contributed by atoms with Crippen molar-refractivity contribution in [3.63, 3.8) is 0 Å². The normalized spacial score (nSPS) is 14.6. The third-order valence-corrected chi connectivity index (χ3v) is 7.68. The molecule has 1 unspecified atom stereocenters. The number of rotatable bonds is 11. The Hall–Kier alpha value is -4.65. The number of hydrogen-bond acceptors (Lipinski definition) is 9. The lowest BCUT2D eigenvalue weighted by Gasteiger charge is -2.35. The number of nitrogens with two attached hydrogens (primary N) is 1. The Morgan fingerprint density at radius 1 is 0.911 bits per heavy atom. The number of nitrogen functional groups attached to an aromatic ring is 1. The molecule has 5 rings (SSSR count). The Bertz CT molecular complexity index is 1510. The van der Waals surface area contributed by atoms with Crippen LogP contribution in [-0.4, -0.2) is 80.0 Å². The van der Waals surface area contributed by atoms with Crippen LogP contribution in [0.5, 0.6) is 11.5 Å². The van der Waals surface area contributed by atoms with Crippen molar-refractivity contribution in [1.29, 1.82) is 5.41 Å². The van der Waals surface area contributed by atoms with Gasteiger partial charge in [-0.15, -0.1) is 12.4 Å². The van der Waals surface area contributed by atoms with E-state index in [1.807, 2.05) is 30.3 Å². The number of nitrogens with one attached hydrogen (secondary N) is 3. The van der Waals surface area contributed by atoms with Gasteiger partial charge in [0.1, 0.15) is 11.9 Å². The Morgan fingerprint density at radius 2 is 1.56 bits per heavy atom. The molecule has 12 nitrogen and oxygen atoms in total. The van der Waals surface area contributed by atoms with Crippen LogP contribution >= 0.6 is 12.4 Å². The minimum absolute atomic E-state index is 0. The summed E-state index contributed by atoms with van der Waals surface area (Å²) in [7, 11) is 1.31. The van der Waals surface area contributed by atoms with Crippen molar-refractivity contribution in [2.24, 2.45) is 5.73 Å². The van der Waals surface area contributed by atoms with Gasteiger partial charge in [0.15, 0.2) is 11.5 Å². The molecule has 0 saturated carbocycles. The molecule has 2 amide bonds. The highest BCUT2D eigenvalue weighted by Crippen LogP contribution is 2.32. The molecule has 0 spiro atoms. The fourth-order valence-corrected chi connectivity index (χ4v) is 5.14. The minimum Gasteiger partial charge on any atom is -0.465 e. The number of halogens is 1. The molecule has 5 N–H and O–H groups in total. The lowest BCUT2D eigenvalue weighted by atomic mass is 10.0. The van der Waals surface area contributed by atoms with Crippen LogP contribution in [0.3, 0.4) is 0 Å². The highest BCUT2D eigenvalue weighted by Gasteiger charge is 2.25. The molecule has 1 atom stereocenters. The molecule has 2 aliphatic heterocycles. The van der Waals surface area contributed by atoms with Crippen LogP contribution < -0.4 is 25.8 Å². The van der Waals surface area contributed by atoms with Gasteiger partial charge in [0.25, 0.3) is 0 Å². The second-order valence-corrected chi connectivity index (χ2v) is 10.6. The average molecular weight is 637 g/mol. The number of methoxy groups -OCH3 is 1. The van der Waals surface area contributed by atoms with Crippen molar-refractivity contribution in [3.05, 3.63) is 94.5 Å². The molecule has 0 aliphatic carbocycles. The number of ether oxygens (including phenoxy) is 3. The molecule has 3 aromatic rings. The molecule has 45 heavy (non-hydrogen) atoms. The van der Waals surface area contributed by atoms with E-state index in [1.54, 1.807) is 41.3 Å². The van der Waals surface area contributed by atoms with Crippen LogP contribution in [0.1, 0.15) is 38.7 Å². The van der Waals surface area contributed by atoms with Gasteiger partial charge in [-0.25, -0.2) is 4.79 Å². The van der Waals surface area contributed by atoms with Crippen molar-refractivity contribution in [2.75, 3.05) is 46.6 Å². The fraction of sp³-hybridized carbons (Fsp3) is 0.312. The van der Waals surface area contributed by atoms with Crippen LogP contribution in [0.15, 0.2) is 66.7 Å². The second kappa shape index (κ2) is 15.4. The van der Waals surface area contributed by atoms with Gasteiger partial charge in [-0.05, 0) is 41.0 Å². The summed E-state index contributed by atoms with van der Waals surface area (Å²) in [6, 6.07) is 18.8. The zero-order chi connectivity index (χ0) is 31.1. The number of carbonyl (C=O) groups is 3. The van der Waals surface area contributed by atoms with E-state index in [4.69, 9.17) is 25.4 Å². The van der Waals surface area contributed by atoms with Gasteiger partial charge >= 0.3 is 5.97 Å². The Balaban J connectivity index is 0.00000461. The summed E-state index contributed by atoms with van der Waals surface area (Å²) in [5, 5.41) is 13.6. The van der Waals surface area contributed by atoms with Crippen molar-refractivity contribution in [1.82, 2.24) is 20.4 Å². The van der Waals surface area contributed by atoms with Gasteiger partial charge in [-0.1, -0.05) is 42.5 Å². The Morgan fingerprint density at radius 3 is 2.22 bits per heavy atom. The van der Waals surface area contributed by atoms with Crippen molar-refractivity contribution >= 4 is 36.0 Å². The number of carbonyl (C=O) groups excluding carboxylic acids is 3. The quantitative estimate of drug-likeness (QED) is 0.141. The summed E-state index contributed by atoms with van der Waals surface area (Å²) >= 11 is 0. The molecule has 0 aromatic heterocycles. The lowest BCUT2D eigenvalue weighted by Crippen LogP contribution is -2.51. The van der Waals surface area contributed by atoms with Crippen LogP contribution in [0, 0.1) is 5.41 Å². The van der Waals surface area contributed by atoms with Crippen molar-refractivity contribution in [2.45, 2.75) is 19.1 Å². The molecule has 238 valence electrons. The zero-order valence-corrected chi connectivity index (χ0v) is 25.7. The summed E-state index contributed by atoms with van der Waals surface area (Å²) in [6.07, 6.45) is 0. The van der Waals surface area contributed by atoms with Gasteiger partial charge < -0.3 is 30.2 Å². The van der Waals surface area contributed by atoms with E-state index in [0.717, 1.165) is 29.2 Å². The molecule has 2 aliphatic rings. The molecule has 0 radical (unpaired) electrons. The topological polar surface area (TPSA) is 159 Å². The molecular weight excluding hydrogens is 600 g/mol. The summed E-state index contributed by atoms with van der Waals surface area (Å²) in [5.74, 6) is 0.489. The fourth-order valence-electron chi connectivity index (χ4n) is 5.14. The number of fused-ring (bicyclic) bond motifs is 1. The van der Waals surface area contributed by atoms with Gasteiger partial charge in [0.2, 0.25) is 18.6 Å². The number of hydrogen-bond donors (Lipinski definition) is 4. The summed E-state index contributed by atoms with van der Waals surface area (Å²) in [4.78, 5) is 42.4. The predicted octanol–water partition coefficient (Wildman–Crippen LogP) is 2.20. The van der Waals surface area contributed by atoms with E-state index in [-0.39, 0.29) is 43.4 Å². The molecule has 1 saturated heterocycles. The van der Waals surface area contributed by atoms with E-state index in [2.05, 4.69) is 15.5 Å². The maximum absolute atomic E-state index is 13.4. The standard InChI is InChI=1S/C32H36N6O6.ClH/c1-42-32(41)25-9-7-23(8-10-25)29(35-17-21-2-5-24(6-3-21)30(33)34)31(40)36-18-28(39)38-14-12-37(13-15-38)19-22-4-11-26-27(16-22)44-20-43-26;/h2-11,16,29,35H,12-15,17-20H2,1H3,(H3,33,34)(H,36,40);1H. The summed E-state index contributed by atoms with van der Waals surface area (Å²) in [5.41, 5.74) is 9.15. The summed E-state index contributed by atoms with van der Waals surface area (Å²) < 4.78 is 15.6. The monoisotopic (exact) mass is 636 g/mol. The first kappa shape index (κ1) is 33.2. The van der Waals surface area contributed by atoms with Gasteiger partial charge in [0, 0.05) is 44.8 Å². The Kier molecular flexibility index (Phi) is 11.4. The van der Waals surface area contributed by atoms with Gasteiger partial charge in [0.05, 0.1) is 19.2 Å². The third kappa shape index (κ3) is 8.50. The van der Waals surface area contributed by atoms with E-state index in [1.165, 1.54) is 7.11 Å². The molecule has 3 aromatic carbocycles. The number of nitrogens with zero attached hydrogens (tertiary/aromatic N) is 2. The number of amides is 2. The third-order valence-electron chi connectivity index (χ3n) is 7.68. The van der Waals surface area contributed by atoms with E-state index >= 15 is 0 Å². The molecule has 0 bridgehead atoms. The number of benzene rings is 3. The Labute approximate surface area is 267 Å². The minimum atomic E-state index is -0.791. The molecule has 2 heterocycles. The van der Waals surface area contributed by atoms with Crippen LogP contribution in [-0.2, 0) is 27.4 Å². The van der Waals surface area contributed by atoms with Crippen molar-refractivity contribution in [3.8, 4) is 11.5 Å². The first-order valence-corrected chi connectivity index (χ1v) is 14.3. The second-order valence-electron chi connectivity index (χ2n) is 10.6. The van der Waals surface area contributed by atoms with Gasteiger partial charge in [-0.2, -0.15) is 0 Å². The largest absolute Gasteiger partial charge is 0.465 e. The summed E-state index contributed by atoms with van der Waals surface area (Å²) in [6.45, 7) is 3.75. The zero-order valence-electron chi connectivity index (χ0n) is 24.9. The van der Waals surface area contributed by atoms with E-state index in [0.29, 0.717) is 49.4 Å². The van der Waals surface area contributed by atoms with Gasteiger partial charge in [-0.3, -0.25) is 25.2 Å². The number of piperazine rings is 1. The predicted molar refractivity (Wildman–Crippen MR) is 169 cm³/mol. The molecule has 13 heteroatoms. The first-order chi connectivity index (χ1) is 21.3. The smallest absolute Gasteiger partial charge is 0.337 e. The van der Waals surface area contributed by atoms with E-state index < -0.39 is 12.0 Å². The van der Waals surface area contributed by atoms with Crippen LogP contribution in [0.25, 0.3) is 0 Å². The highest BCUT2D eigenvalue weighted by atomic mass is 35.5. The van der Waals surface area contributed by atoms with Crippen LogP contribution in [0.2, 0.25) is 0 Å². The average Bonchev–Trinajstić information content (AvgIpc) is 3.52. The highest BCUT2D eigenvalue weighted by molar-refractivity contribution is 5.95. The van der Waals surface area contributed by atoms with Crippen molar-refractivity contribution < 1.29 is 28.6 Å². The maximum Gasteiger partial charge on any atom is 0.337 e. The maximum atomic E-state index is 13.4. The lowest BCUT2D eigenvalue weighted by molar-refractivity contribution is -0.134. The number of amidine groups is 1. The molecule has 1 fully saturated rings. The van der Waals surface area contributed by atoms with Crippen LogP contribution in [0.4, 0.5) is 0 Å². The number of esters is 1. The first-order valence-electron chi connectivity index (χ1n) is 14.3. The molecular formula is C32H37ClN6O6. The SMILES string of the molecule is COC(=O)c1ccc(C(NCc2ccc(C(=N)N)cc2)C(=O)NCC(=O)N2CCN(Cc3ccc4c(c3)OCO4)CC2)cc1.Cl. The van der Waals surface area contributed by atoms with E-state index in [9.17, 15) is 14.4 Å².